The number of allylic oxidation sites excluding steroid dienone is 18. The van der Waals surface area contributed by atoms with Crippen molar-refractivity contribution >= 4 is 19.8 Å². The lowest BCUT2D eigenvalue weighted by Gasteiger charge is -2.24. The highest BCUT2D eigenvalue weighted by molar-refractivity contribution is 7.47. The fourth-order valence-electron chi connectivity index (χ4n) is 8.44. The lowest BCUT2D eigenvalue weighted by Crippen LogP contribution is -2.37. The second-order valence-electron chi connectivity index (χ2n) is 22.1. The predicted octanol–water partition coefficient (Wildman–Crippen LogP) is 20.2. The van der Waals surface area contributed by atoms with Crippen molar-refractivity contribution in [2.45, 2.75) is 264 Å². The first kappa shape index (κ1) is 74.7. The zero-order valence-corrected chi connectivity index (χ0v) is 51.8. The molecular formula is C68H119NO8P+. The van der Waals surface area contributed by atoms with Crippen LogP contribution in [-0.2, 0) is 32.7 Å². The Balaban J connectivity index is 4.18. The summed E-state index contributed by atoms with van der Waals surface area (Å²) in [6, 6.07) is 0. The lowest BCUT2D eigenvalue weighted by molar-refractivity contribution is -0.870. The molecule has 0 heterocycles. The summed E-state index contributed by atoms with van der Waals surface area (Å²) in [7, 11) is 1.46. The lowest BCUT2D eigenvalue weighted by atomic mass is 10.0. The molecular weight excluding hydrogens is 990 g/mol. The molecule has 0 bridgehead atoms. The molecule has 0 aromatic heterocycles. The predicted molar refractivity (Wildman–Crippen MR) is 335 cm³/mol. The Kier molecular flexibility index (Phi) is 55.8. The molecule has 9 nitrogen and oxygen atoms in total. The molecule has 0 saturated carbocycles. The Morgan fingerprint density at radius 3 is 1.09 bits per heavy atom. The van der Waals surface area contributed by atoms with Crippen molar-refractivity contribution < 1.29 is 42.1 Å². The van der Waals surface area contributed by atoms with Gasteiger partial charge in [0.25, 0.3) is 0 Å². The van der Waals surface area contributed by atoms with Gasteiger partial charge in [-0.05, 0) is 103 Å². The van der Waals surface area contributed by atoms with Gasteiger partial charge in [-0.15, -0.1) is 0 Å². The fourth-order valence-corrected chi connectivity index (χ4v) is 9.18. The van der Waals surface area contributed by atoms with E-state index in [1.807, 2.05) is 21.1 Å². The number of ether oxygens (including phenoxy) is 2. The number of unbranched alkanes of at least 4 members (excludes halogenated alkanes) is 25. The average molecular weight is 1110 g/mol. The third-order valence-electron chi connectivity index (χ3n) is 13.3. The molecule has 10 heteroatoms. The zero-order valence-electron chi connectivity index (χ0n) is 50.9. The standard InChI is InChI=1S/C68H118NO8P/c1-6-8-10-12-14-16-18-20-22-24-26-28-30-32-33-34-35-37-39-41-43-45-47-49-51-53-55-57-59-61-68(71)77-66(65-76-78(72,73)75-63-62-69(3,4)5)64-74-67(70)60-58-56-54-52-50-48-46-44-42-40-38-36-31-29-27-25-23-21-19-17-15-13-11-9-7-2/h8,10,14,16,19-22,25-28,32-33,35,37,41,43,66H,6-7,9,11-13,15,17-18,23-24,29-31,34,36,38-40,42,44-65H2,1-5H3/p+1/b10-8-,16-14-,21-19-,22-20-,27-25-,28-26-,33-32-,37-35-,43-41-. The third-order valence-corrected chi connectivity index (χ3v) is 14.3. The Morgan fingerprint density at radius 2 is 0.731 bits per heavy atom. The number of hydrogen-bond acceptors (Lipinski definition) is 7. The van der Waals surface area contributed by atoms with Gasteiger partial charge < -0.3 is 18.9 Å². The number of phosphoric acid groups is 1. The van der Waals surface area contributed by atoms with Gasteiger partial charge >= 0.3 is 19.8 Å². The molecule has 0 amide bonds. The van der Waals surface area contributed by atoms with Crippen LogP contribution < -0.4 is 0 Å². The summed E-state index contributed by atoms with van der Waals surface area (Å²) >= 11 is 0. The van der Waals surface area contributed by atoms with E-state index in [4.69, 9.17) is 18.5 Å². The molecule has 448 valence electrons. The topological polar surface area (TPSA) is 108 Å². The van der Waals surface area contributed by atoms with Gasteiger partial charge in [-0.3, -0.25) is 18.6 Å². The summed E-state index contributed by atoms with van der Waals surface area (Å²) in [5.41, 5.74) is 0. The molecule has 0 saturated heterocycles. The quantitative estimate of drug-likeness (QED) is 0.0211. The summed E-state index contributed by atoms with van der Waals surface area (Å²) in [5.74, 6) is -0.812. The Hall–Kier alpha value is -3.33. The number of esters is 2. The van der Waals surface area contributed by atoms with Crippen molar-refractivity contribution in [3.05, 3.63) is 109 Å². The fraction of sp³-hybridized carbons (Fsp3) is 0.706. The number of carbonyl (C=O) groups excluding carboxylic acids is 2. The third kappa shape index (κ3) is 61.9. The van der Waals surface area contributed by atoms with E-state index in [9.17, 15) is 19.0 Å². The minimum Gasteiger partial charge on any atom is -0.462 e. The molecule has 0 radical (unpaired) electrons. The van der Waals surface area contributed by atoms with E-state index in [0.29, 0.717) is 17.4 Å². The van der Waals surface area contributed by atoms with Crippen molar-refractivity contribution in [1.82, 2.24) is 0 Å². The molecule has 0 spiro atoms. The van der Waals surface area contributed by atoms with Crippen LogP contribution in [-0.4, -0.2) is 74.9 Å². The van der Waals surface area contributed by atoms with Crippen LogP contribution >= 0.6 is 7.82 Å². The van der Waals surface area contributed by atoms with E-state index in [1.54, 1.807) is 0 Å². The van der Waals surface area contributed by atoms with E-state index >= 15 is 0 Å². The first-order valence-corrected chi connectivity index (χ1v) is 33.1. The van der Waals surface area contributed by atoms with Gasteiger partial charge in [0.1, 0.15) is 19.8 Å². The summed E-state index contributed by atoms with van der Waals surface area (Å²) in [4.78, 5) is 35.8. The number of carbonyl (C=O) groups is 2. The van der Waals surface area contributed by atoms with Gasteiger partial charge in [0, 0.05) is 12.8 Å². The molecule has 2 atom stereocenters. The van der Waals surface area contributed by atoms with Crippen molar-refractivity contribution in [1.29, 1.82) is 0 Å². The van der Waals surface area contributed by atoms with Crippen molar-refractivity contribution in [2.24, 2.45) is 0 Å². The van der Waals surface area contributed by atoms with E-state index < -0.39 is 26.5 Å². The maximum absolute atomic E-state index is 12.8. The first-order chi connectivity index (χ1) is 38.0. The van der Waals surface area contributed by atoms with Crippen LogP contribution in [0.15, 0.2) is 109 Å². The van der Waals surface area contributed by atoms with Crippen LogP contribution in [0.1, 0.15) is 258 Å². The molecule has 1 N–H and O–H groups in total. The van der Waals surface area contributed by atoms with Gasteiger partial charge in [0.05, 0.1) is 27.7 Å². The van der Waals surface area contributed by atoms with Crippen molar-refractivity contribution in [3.63, 3.8) is 0 Å². The van der Waals surface area contributed by atoms with Crippen LogP contribution in [0, 0.1) is 0 Å². The molecule has 0 rings (SSSR count). The van der Waals surface area contributed by atoms with E-state index in [1.165, 1.54) is 128 Å². The molecule has 0 aromatic carbocycles. The van der Waals surface area contributed by atoms with Crippen molar-refractivity contribution in [2.75, 3.05) is 47.5 Å². The number of quaternary nitrogens is 1. The summed E-state index contributed by atoms with van der Waals surface area (Å²) in [5, 5.41) is 0. The minimum atomic E-state index is -4.40. The number of rotatable bonds is 57. The van der Waals surface area contributed by atoms with E-state index in [2.05, 4.69) is 123 Å². The first-order valence-electron chi connectivity index (χ1n) is 31.6. The highest BCUT2D eigenvalue weighted by atomic mass is 31.2. The number of nitrogens with zero attached hydrogens (tertiary/aromatic N) is 1. The van der Waals surface area contributed by atoms with Gasteiger partial charge in [-0.25, -0.2) is 4.57 Å². The normalized spacial score (nSPS) is 14.0. The molecule has 0 aromatic rings. The Labute approximate surface area is 480 Å². The van der Waals surface area contributed by atoms with Crippen molar-refractivity contribution in [3.8, 4) is 0 Å². The highest BCUT2D eigenvalue weighted by Crippen LogP contribution is 2.43. The maximum Gasteiger partial charge on any atom is 0.472 e. The molecule has 0 aliphatic rings. The molecule has 0 aliphatic carbocycles. The minimum absolute atomic E-state index is 0.0241. The van der Waals surface area contributed by atoms with Crippen LogP contribution in [0.2, 0.25) is 0 Å². The molecule has 2 unspecified atom stereocenters. The maximum atomic E-state index is 12.8. The molecule has 78 heavy (non-hydrogen) atoms. The van der Waals surface area contributed by atoms with Gasteiger partial charge in [-0.2, -0.15) is 0 Å². The summed E-state index contributed by atoms with van der Waals surface area (Å²) in [6.07, 6.45) is 81.6. The summed E-state index contributed by atoms with van der Waals surface area (Å²) < 4.78 is 34.6. The van der Waals surface area contributed by atoms with Crippen LogP contribution in [0.5, 0.6) is 0 Å². The zero-order chi connectivity index (χ0) is 57.0. The average Bonchev–Trinajstić information content (AvgIpc) is 3.41. The number of hydrogen-bond donors (Lipinski definition) is 1. The van der Waals surface area contributed by atoms with Gasteiger partial charge in [-0.1, -0.05) is 252 Å². The highest BCUT2D eigenvalue weighted by Gasteiger charge is 2.27. The Morgan fingerprint density at radius 1 is 0.410 bits per heavy atom. The molecule has 0 aliphatic heterocycles. The smallest absolute Gasteiger partial charge is 0.462 e. The van der Waals surface area contributed by atoms with Gasteiger partial charge in [0.15, 0.2) is 6.10 Å². The largest absolute Gasteiger partial charge is 0.472 e. The summed E-state index contributed by atoms with van der Waals surface area (Å²) in [6.45, 7) is 4.30. The number of likely N-dealkylation sites (N-methyl/N-ethyl adjacent to an activating group) is 1. The number of phosphoric ester groups is 1. The molecule has 0 fully saturated rings. The van der Waals surface area contributed by atoms with Gasteiger partial charge in [0.2, 0.25) is 0 Å². The van der Waals surface area contributed by atoms with E-state index in [0.717, 1.165) is 96.3 Å². The SMILES string of the molecule is CC/C=C\C/C=C\C/C=C\C/C=C\C/C=C\C/C=C\C/C=C\CCCCCCCCCC(=O)OC(COC(=O)CCCCCCCCCCCCCCC/C=C\C/C=C\CCCCCCC)COP(=O)(O)OCC[N+](C)(C)C. The monoisotopic (exact) mass is 1110 g/mol. The Bertz CT molecular complexity index is 1680. The van der Waals surface area contributed by atoms with Crippen LogP contribution in [0.25, 0.3) is 0 Å². The van der Waals surface area contributed by atoms with Crippen LogP contribution in [0.4, 0.5) is 0 Å². The van der Waals surface area contributed by atoms with Crippen LogP contribution in [0.3, 0.4) is 0 Å². The van der Waals surface area contributed by atoms with E-state index in [-0.39, 0.29) is 32.0 Å². The second kappa shape index (κ2) is 58.3. The second-order valence-corrected chi connectivity index (χ2v) is 23.5.